The molecule has 0 aliphatic heterocycles. The van der Waals surface area contributed by atoms with Crippen LogP contribution in [-0.4, -0.2) is 22.4 Å². The number of aromatic nitrogens is 2. The molecule has 0 spiro atoms. The van der Waals surface area contributed by atoms with Crippen LogP contribution in [0.4, 0.5) is 10.4 Å². The first kappa shape index (κ1) is 14.8. The van der Waals surface area contributed by atoms with E-state index < -0.39 is 0 Å². The summed E-state index contributed by atoms with van der Waals surface area (Å²) in [4.78, 5) is 5.31. The molecule has 20 heavy (non-hydrogen) atoms. The summed E-state index contributed by atoms with van der Waals surface area (Å²) in [7, 11) is 0. The molecule has 0 radical (unpaired) electrons. The summed E-state index contributed by atoms with van der Waals surface area (Å²) >= 11 is 1.70. The quantitative estimate of drug-likeness (QED) is 0.619. The Morgan fingerprint density at radius 2 is 2.05 bits per heavy atom. The predicted molar refractivity (Wildman–Crippen MR) is 78.6 cm³/mol. The van der Waals surface area contributed by atoms with Crippen LogP contribution in [0.1, 0.15) is 32.0 Å². The fraction of sp³-hybridized carbons (Fsp3) is 0.429. The first-order valence-corrected chi connectivity index (χ1v) is 7.59. The first-order valence-electron chi connectivity index (χ1n) is 6.61. The van der Waals surface area contributed by atoms with E-state index in [2.05, 4.69) is 15.5 Å². The molecule has 1 heterocycles. The third kappa shape index (κ3) is 4.52. The van der Waals surface area contributed by atoms with Gasteiger partial charge in [0, 0.05) is 17.4 Å². The van der Waals surface area contributed by atoms with Crippen LogP contribution >= 0.6 is 11.8 Å². The average Bonchev–Trinajstić information content (AvgIpc) is 2.89. The van der Waals surface area contributed by atoms with Crippen LogP contribution in [0.2, 0.25) is 0 Å². The van der Waals surface area contributed by atoms with Gasteiger partial charge in [0.15, 0.2) is 5.82 Å². The molecule has 1 N–H and O–H groups in total. The van der Waals surface area contributed by atoms with E-state index in [1.54, 1.807) is 23.9 Å². The molecule has 6 heteroatoms. The van der Waals surface area contributed by atoms with Gasteiger partial charge < -0.3 is 9.84 Å². The maximum atomic E-state index is 12.7. The second-order valence-electron chi connectivity index (χ2n) is 4.70. The van der Waals surface area contributed by atoms with Crippen molar-refractivity contribution in [3.05, 3.63) is 35.9 Å². The van der Waals surface area contributed by atoms with Gasteiger partial charge >= 0.3 is 6.01 Å². The molecule has 0 saturated heterocycles. The van der Waals surface area contributed by atoms with Crippen molar-refractivity contribution in [1.82, 2.24) is 10.1 Å². The van der Waals surface area contributed by atoms with Crippen molar-refractivity contribution >= 4 is 17.8 Å². The molecule has 0 atom stereocenters. The van der Waals surface area contributed by atoms with E-state index in [1.165, 1.54) is 12.1 Å². The van der Waals surface area contributed by atoms with Crippen LogP contribution in [0, 0.1) is 5.82 Å². The maximum absolute atomic E-state index is 12.7. The van der Waals surface area contributed by atoms with E-state index in [9.17, 15) is 4.39 Å². The SMILES string of the molecule is CC(C)c1noc(NCCCSc2ccc(F)cc2)n1. The number of nitrogens with one attached hydrogen (secondary N) is 1. The number of hydrogen-bond donors (Lipinski definition) is 1. The third-order valence-corrected chi connectivity index (χ3v) is 3.74. The highest BCUT2D eigenvalue weighted by Crippen LogP contribution is 2.19. The van der Waals surface area contributed by atoms with Crippen molar-refractivity contribution in [2.45, 2.75) is 31.1 Å². The largest absolute Gasteiger partial charge is 0.338 e. The Morgan fingerprint density at radius 3 is 2.70 bits per heavy atom. The van der Waals surface area contributed by atoms with Crippen molar-refractivity contribution in [1.29, 1.82) is 0 Å². The van der Waals surface area contributed by atoms with Gasteiger partial charge in [-0.25, -0.2) is 4.39 Å². The minimum Gasteiger partial charge on any atom is -0.338 e. The van der Waals surface area contributed by atoms with E-state index in [1.807, 2.05) is 13.8 Å². The molecule has 0 bridgehead atoms. The molecule has 0 unspecified atom stereocenters. The smallest absolute Gasteiger partial charge is 0.321 e. The molecule has 1 aromatic carbocycles. The summed E-state index contributed by atoms with van der Waals surface area (Å²) in [6.07, 6.45) is 0.960. The lowest BCUT2D eigenvalue weighted by Crippen LogP contribution is -2.03. The van der Waals surface area contributed by atoms with Crippen LogP contribution < -0.4 is 5.32 Å². The Labute approximate surface area is 122 Å². The van der Waals surface area contributed by atoms with Gasteiger partial charge in [0.25, 0.3) is 0 Å². The van der Waals surface area contributed by atoms with Gasteiger partial charge in [0.2, 0.25) is 0 Å². The third-order valence-electron chi connectivity index (χ3n) is 2.64. The number of hydrogen-bond acceptors (Lipinski definition) is 5. The molecule has 0 amide bonds. The molecule has 1 aromatic heterocycles. The Balaban J connectivity index is 1.65. The minimum absolute atomic E-state index is 0.201. The normalized spacial score (nSPS) is 11.0. The molecule has 0 aliphatic carbocycles. The van der Waals surface area contributed by atoms with Crippen LogP contribution in [-0.2, 0) is 0 Å². The highest BCUT2D eigenvalue weighted by Gasteiger charge is 2.08. The van der Waals surface area contributed by atoms with Gasteiger partial charge in [-0.05, 0) is 36.4 Å². The van der Waals surface area contributed by atoms with Gasteiger partial charge in [0.05, 0.1) is 0 Å². The minimum atomic E-state index is -0.201. The molecule has 0 fully saturated rings. The Kier molecular flexibility index (Phi) is 5.40. The molecule has 108 valence electrons. The number of nitrogens with zero attached hydrogens (tertiary/aromatic N) is 2. The summed E-state index contributed by atoms with van der Waals surface area (Å²) in [6, 6.07) is 7.01. The van der Waals surface area contributed by atoms with E-state index in [-0.39, 0.29) is 11.7 Å². The van der Waals surface area contributed by atoms with Crippen molar-refractivity contribution in [2.24, 2.45) is 0 Å². The molecule has 4 nitrogen and oxygen atoms in total. The molecule has 2 aromatic rings. The first-order chi connectivity index (χ1) is 9.65. The van der Waals surface area contributed by atoms with E-state index in [4.69, 9.17) is 4.52 Å². The van der Waals surface area contributed by atoms with Crippen molar-refractivity contribution in [3.8, 4) is 0 Å². The van der Waals surface area contributed by atoms with Gasteiger partial charge in [-0.15, -0.1) is 11.8 Å². The van der Waals surface area contributed by atoms with Gasteiger partial charge in [0.1, 0.15) is 5.82 Å². The average molecular weight is 295 g/mol. The summed E-state index contributed by atoms with van der Waals surface area (Å²) in [5.74, 6) is 1.73. The van der Waals surface area contributed by atoms with E-state index in [0.29, 0.717) is 11.8 Å². The number of thioether (sulfide) groups is 1. The van der Waals surface area contributed by atoms with Crippen LogP contribution in [0.3, 0.4) is 0 Å². The van der Waals surface area contributed by atoms with Crippen molar-refractivity contribution in [2.75, 3.05) is 17.6 Å². The Bertz CT molecular complexity index is 527. The van der Waals surface area contributed by atoms with Crippen LogP contribution in [0.15, 0.2) is 33.7 Å². The maximum Gasteiger partial charge on any atom is 0.321 e. The molecule has 0 saturated carbocycles. The number of halogens is 1. The van der Waals surface area contributed by atoms with Crippen molar-refractivity contribution in [3.63, 3.8) is 0 Å². The summed E-state index contributed by atoms with van der Waals surface area (Å²) in [5.41, 5.74) is 0. The van der Waals surface area contributed by atoms with Crippen LogP contribution in [0.25, 0.3) is 0 Å². The summed E-state index contributed by atoms with van der Waals surface area (Å²) in [6.45, 7) is 4.82. The fourth-order valence-corrected chi connectivity index (χ4v) is 2.38. The molecular weight excluding hydrogens is 277 g/mol. The topological polar surface area (TPSA) is 51.0 Å². The number of benzene rings is 1. The van der Waals surface area contributed by atoms with E-state index in [0.717, 1.165) is 23.6 Å². The van der Waals surface area contributed by atoms with Gasteiger partial charge in [-0.3, -0.25) is 0 Å². The lowest BCUT2D eigenvalue weighted by molar-refractivity contribution is 0.419. The summed E-state index contributed by atoms with van der Waals surface area (Å²) in [5, 5.41) is 6.98. The second-order valence-corrected chi connectivity index (χ2v) is 5.86. The zero-order valence-corrected chi connectivity index (χ0v) is 12.4. The summed E-state index contributed by atoms with van der Waals surface area (Å²) < 4.78 is 17.8. The Hall–Kier alpha value is -1.56. The van der Waals surface area contributed by atoms with Crippen LogP contribution in [0.5, 0.6) is 0 Å². The lowest BCUT2D eigenvalue weighted by Gasteiger charge is -2.02. The molecular formula is C14H18FN3OS. The highest BCUT2D eigenvalue weighted by atomic mass is 32.2. The fourth-order valence-electron chi connectivity index (χ4n) is 1.53. The predicted octanol–water partition coefficient (Wildman–Crippen LogP) is 3.93. The van der Waals surface area contributed by atoms with Crippen molar-refractivity contribution < 1.29 is 8.91 Å². The van der Waals surface area contributed by atoms with Gasteiger partial charge in [-0.1, -0.05) is 19.0 Å². The highest BCUT2D eigenvalue weighted by molar-refractivity contribution is 7.99. The molecule has 2 rings (SSSR count). The zero-order chi connectivity index (χ0) is 14.4. The standard InChI is InChI=1S/C14H18FN3OS/c1-10(2)13-17-14(19-18-13)16-8-3-9-20-12-6-4-11(15)5-7-12/h4-7,10H,3,8-9H2,1-2H3,(H,16,17,18). The second kappa shape index (κ2) is 7.28. The number of anilines is 1. The number of rotatable bonds is 7. The molecule has 0 aliphatic rings. The lowest BCUT2D eigenvalue weighted by atomic mass is 10.2. The monoisotopic (exact) mass is 295 g/mol. The zero-order valence-electron chi connectivity index (χ0n) is 11.6. The van der Waals surface area contributed by atoms with E-state index >= 15 is 0 Å². The van der Waals surface area contributed by atoms with Gasteiger partial charge in [-0.2, -0.15) is 4.98 Å². The Morgan fingerprint density at radius 1 is 1.30 bits per heavy atom.